The Morgan fingerprint density at radius 2 is 1.50 bits per heavy atom. The maximum atomic E-state index is 13.8. The molecule has 0 aliphatic rings. The zero-order chi connectivity index (χ0) is 19.1. The van der Waals surface area contributed by atoms with E-state index >= 15 is 0 Å². The average Bonchev–Trinajstić information content (AvgIpc) is 2.43. The van der Waals surface area contributed by atoms with Crippen LogP contribution in [0, 0.1) is 6.07 Å². The molecule has 1 radical (unpaired) electrons. The van der Waals surface area contributed by atoms with Crippen LogP contribution in [0.3, 0.4) is 0 Å². The largest absolute Gasteiger partial charge is 0.606 e. The van der Waals surface area contributed by atoms with E-state index < -0.39 is 33.4 Å². The van der Waals surface area contributed by atoms with Crippen LogP contribution >= 0.6 is 47.8 Å². The van der Waals surface area contributed by atoms with Crippen LogP contribution in [-0.4, -0.2) is 21.9 Å². The van der Waals surface area contributed by atoms with Gasteiger partial charge in [0.15, 0.2) is 4.90 Å². The molecule has 1 rings (SSSR count). The fourth-order valence-electron chi connectivity index (χ4n) is 1.63. The van der Waals surface area contributed by atoms with Crippen molar-refractivity contribution in [1.29, 1.82) is 0 Å². The first-order valence-electron chi connectivity index (χ1n) is 6.03. The third-order valence-corrected chi connectivity index (χ3v) is 7.19. The van der Waals surface area contributed by atoms with Crippen LogP contribution in [0.2, 0.25) is 0 Å². The SMILES string of the molecule is CCCc1c(Br)[c]c(Br)c(Br)c1[S+]([O-])C(F)(F)C(F)(F)C(F)(F)F. The second kappa shape index (κ2) is 7.61. The van der Waals surface area contributed by atoms with E-state index in [0.29, 0.717) is 6.42 Å². The maximum Gasteiger partial charge on any atom is 0.486 e. The van der Waals surface area contributed by atoms with E-state index in [1.54, 1.807) is 6.92 Å². The van der Waals surface area contributed by atoms with E-state index in [9.17, 15) is 35.3 Å². The fraction of sp³-hybridized carbons (Fsp3) is 0.500. The molecule has 0 bridgehead atoms. The molecule has 0 spiro atoms. The lowest BCUT2D eigenvalue weighted by molar-refractivity contribution is -0.332. The first kappa shape index (κ1) is 22.5. The Kier molecular flexibility index (Phi) is 7.14. The van der Waals surface area contributed by atoms with Gasteiger partial charge in [-0.25, -0.2) is 0 Å². The smallest absolute Gasteiger partial charge is 0.486 e. The van der Waals surface area contributed by atoms with Gasteiger partial charge in [-0.05, 0) is 54.2 Å². The van der Waals surface area contributed by atoms with Gasteiger partial charge in [0.05, 0.1) is 15.6 Å². The minimum Gasteiger partial charge on any atom is -0.606 e. The maximum absolute atomic E-state index is 13.8. The predicted molar refractivity (Wildman–Crippen MR) is 84.7 cm³/mol. The first-order valence-corrected chi connectivity index (χ1v) is 9.55. The highest BCUT2D eigenvalue weighted by atomic mass is 79.9. The van der Waals surface area contributed by atoms with E-state index in [1.807, 2.05) is 0 Å². The normalized spacial score (nSPS) is 14.8. The van der Waals surface area contributed by atoms with Crippen molar-refractivity contribution in [3.05, 3.63) is 25.0 Å². The Morgan fingerprint density at radius 3 is 1.92 bits per heavy atom. The minimum atomic E-state index is -6.56. The van der Waals surface area contributed by atoms with Gasteiger partial charge in [-0.15, -0.1) is 8.78 Å². The quantitative estimate of drug-likeness (QED) is 0.221. The van der Waals surface area contributed by atoms with Crippen molar-refractivity contribution in [1.82, 2.24) is 0 Å². The molecule has 1 atom stereocenters. The minimum absolute atomic E-state index is 0.0116. The summed E-state index contributed by atoms with van der Waals surface area (Å²) in [6, 6.07) is 2.60. The van der Waals surface area contributed by atoms with Crippen molar-refractivity contribution in [3.8, 4) is 0 Å². The number of alkyl halides is 7. The summed E-state index contributed by atoms with van der Waals surface area (Å²) in [5.41, 5.74) is -0.0939. The molecule has 137 valence electrons. The van der Waals surface area contributed by atoms with Gasteiger partial charge in [-0.1, -0.05) is 13.3 Å². The molecular weight excluding hydrogens is 565 g/mol. The third kappa shape index (κ3) is 3.91. The molecule has 0 aromatic heterocycles. The summed E-state index contributed by atoms with van der Waals surface area (Å²) in [6.07, 6.45) is -6.21. The van der Waals surface area contributed by atoms with Crippen molar-refractivity contribution in [2.75, 3.05) is 0 Å². The van der Waals surface area contributed by atoms with Crippen molar-refractivity contribution < 1.29 is 35.3 Å². The molecule has 24 heavy (non-hydrogen) atoms. The molecule has 0 saturated carbocycles. The molecule has 0 heterocycles. The Morgan fingerprint density at radius 1 is 1.00 bits per heavy atom. The first-order chi connectivity index (χ1) is 10.7. The molecule has 1 aromatic rings. The van der Waals surface area contributed by atoms with E-state index in [4.69, 9.17) is 0 Å². The lowest BCUT2D eigenvalue weighted by Crippen LogP contribution is -2.56. The van der Waals surface area contributed by atoms with Crippen LogP contribution in [0.1, 0.15) is 18.9 Å². The molecule has 0 fully saturated rings. The molecule has 12 heteroatoms. The van der Waals surface area contributed by atoms with Gasteiger partial charge in [-0.3, -0.25) is 0 Å². The second-order valence-electron chi connectivity index (χ2n) is 4.48. The summed E-state index contributed by atoms with van der Waals surface area (Å²) in [5, 5.41) is -5.86. The number of hydrogen-bond donors (Lipinski definition) is 0. The zero-order valence-corrected chi connectivity index (χ0v) is 17.1. The van der Waals surface area contributed by atoms with Gasteiger partial charge < -0.3 is 4.55 Å². The Balaban J connectivity index is 3.61. The number of rotatable bonds is 5. The van der Waals surface area contributed by atoms with Crippen LogP contribution in [0.15, 0.2) is 18.3 Å². The van der Waals surface area contributed by atoms with E-state index in [0.717, 1.165) is 0 Å². The van der Waals surface area contributed by atoms with Crippen molar-refractivity contribution >= 4 is 59.0 Å². The number of halogens is 10. The highest BCUT2D eigenvalue weighted by Crippen LogP contribution is 2.53. The lowest BCUT2D eigenvalue weighted by atomic mass is 10.1. The summed E-state index contributed by atoms with van der Waals surface area (Å²) in [7, 11) is 0. The molecule has 1 unspecified atom stereocenters. The van der Waals surface area contributed by atoms with E-state index in [-0.39, 0.29) is 25.4 Å². The molecule has 0 aliphatic carbocycles. The van der Waals surface area contributed by atoms with E-state index in [2.05, 4.69) is 53.9 Å². The summed E-state index contributed by atoms with van der Waals surface area (Å²) in [6.45, 7) is 1.62. The highest BCUT2D eigenvalue weighted by Gasteiger charge is 2.80. The number of hydrogen-bond acceptors (Lipinski definition) is 1. The lowest BCUT2D eigenvalue weighted by Gasteiger charge is -2.30. The zero-order valence-electron chi connectivity index (χ0n) is 11.5. The second-order valence-corrected chi connectivity index (χ2v) is 8.32. The standard InChI is InChI=1S/C12H7Br3F7OS/c1-2-3-5-6(13)4-7(14)8(15)9(5)24(23)12(21,22)10(16,17)11(18,19)20/h2-3H2,1H3. The average molecular weight is 572 g/mol. The van der Waals surface area contributed by atoms with Gasteiger partial charge in [0.2, 0.25) is 0 Å². The predicted octanol–water partition coefficient (Wildman–Crippen LogP) is 6.62. The van der Waals surface area contributed by atoms with Gasteiger partial charge in [0.25, 0.3) is 0 Å². The van der Waals surface area contributed by atoms with E-state index in [1.165, 1.54) is 0 Å². The molecule has 0 N–H and O–H groups in total. The molecule has 0 aliphatic heterocycles. The van der Waals surface area contributed by atoms with Gasteiger partial charge >= 0.3 is 17.4 Å². The Hall–Kier alpha value is 0.480. The summed E-state index contributed by atoms with van der Waals surface area (Å²) in [4.78, 5) is -0.844. The van der Waals surface area contributed by atoms with Crippen molar-refractivity contribution in [2.45, 2.75) is 42.0 Å². The molecule has 0 saturated heterocycles. The Labute approximate surface area is 160 Å². The highest BCUT2D eigenvalue weighted by molar-refractivity contribution is 9.13. The summed E-state index contributed by atoms with van der Waals surface area (Å²) >= 11 is 4.66. The Bertz CT molecular complexity index is 622. The van der Waals surface area contributed by atoms with Gasteiger partial charge in [0, 0.05) is 20.6 Å². The van der Waals surface area contributed by atoms with Crippen LogP contribution in [0.5, 0.6) is 0 Å². The van der Waals surface area contributed by atoms with Crippen molar-refractivity contribution in [3.63, 3.8) is 0 Å². The van der Waals surface area contributed by atoms with Crippen LogP contribution < -0.4 is 0 Å². The van der Waals surface area contributed by atoms with Gasteiger partial charge in [-0.2, -0.15) is 22.0 Å². The third-order valence-electron chi connectivity index (χ3n) is 2.79. The molecule has 0 amide bonds. The van der Waals surface area contributed by atoms with Crippen LogP contribution in [-0.2, 0) is 17.6 Å². The number of benzene rings is 1. The molecule has 1 nitrogen and oxygen atoms in total. The topological polar surface area (TPSA) is 23.1 Å². The summed E-state index contributed by atoms with van der Waals surface area (Å²) < 4.78 is 103. The molecular formula is C12H7Br3F7OS. The van der Waals surface area contributed by atoms with Crippen molar-refractivity contribution in [2.24, 2.45) is 0 Å². The fourth-order valence-corrected chi connectivity index (χ4v) is 5.23. The van der Waals surface area contributed by atoms with Gasteiger partial charge in [0.1, 0.15) is 0 Å². The van der Waals surface area contributed by atoms with Crippen LogP contribution in [0.25, 0.3) is 0 Å². The molecule has 1 aromatic carbocycles. The van der Waals surface area contributed by atoms with Crippen LogP contribution in [0.4, 0.5) is 30.7 Å². The summed E-state index contributed by atoms with van der Waals surface area (Å²) in [5.74, 6) is -6.47. The monoisotopic (exact) mass is 569 g/mol.